The summed E-state index contributed by atoms with van der Waals surface area (Å²) < 4.78 is 108. The van der Waals surface area contributed by atoms with Crippen molar-refractivity contribution >= 4 is 147 Å². The van der Waals surface area contributed by atoms with Crippen molar-refractivity contribution < 1.29 is 102 Å². The number of nitrogens with one attached hydrogen (secondary N) is 15. The quantitative estimate of drug-likeness (QED) is 0.0107. The number of imidazole rings is 2. The molecule has 0 saturated heterocycles. The molecule has 0 aliphatic heterocycles. The number of aryl methyl sites for hydroxylation is 8. The lowest BCUT2D eigenvalue weighted by atomic mass is 10.1. The van der Waals surface area contributed by atoms with E-state index in [4.69, 9.17) is 9.47 Å². The van der Waals surface area contributed by atoms with Crippen LogP contribution in [0.2, 0.25) is 0 Å². The van der Waals surface area contributed by atoms with Crippen LogP contribution in [0.15, 0.2) is 174 Å². The van der Waals surface area contributed by atoms with Crippen LogP contribution in [-0.4, -0.2) is 242 Å². The minimum Gasteiger partial charge on any atom is -0.480 e. The van der Waals surface area contributed by atoms with Crippen molar-refractivity contribution in [2.24, 2.45) is 9.50 Å². The maximum atomic E-state index is 14.0. The van der Waals surface area contributed by atoms with Crippen molar-refractivity contribution in [3.8, 4) is 0 Å². The molecule has 5 heterocycles. The molecule has 0 spiro atoms. The molecule has 5 aromatic heterocycles. The number of ether oxygens (including phenoxy) is 2. The van der Waals surface area contributed by atoms with E-state index < -0.39 is 131 Å². The fourth-order valence-corrected chi connectivity index (χ4v) is 19.3. The zero-order valence-corrected chi connectivity index (χ0v) is 83.0. The summed E-state index contributed by atoms with van der Waals surface area (Å²) in [6, 6.07) is 21.8. The van der Waals surface area contributed by atoms with Gasteiger partial charge in [-0.3, -0.25) is 67.5 Å². The van der Waals surface area contributed by atoms with E-state index in [1.165, 1.54) is 61.1 Å². The average Bonchev–Trinajstić information content (AvgIpc) is 0.894. The zero-order valence-electron chi connectivity index (χ0n) is 80.6. The Kier molecular flexibility index (Phi) is 41.8. The normalized spacial score (nSPS) is 12.1. The first-order valence-electron chi connectivity index (χ1n) is 46.4. The third-order valence-electron chi connectivity index (χ3n) is 22.4. The van der Waals surface area contributed by atoms with E-state index in [0.29, 0.717) is 77.4 Å². The Morgan fingerprint density at radius 3 is 1.41 bits per heavy atom. The molecule has 0 radical (unpaired) electrons. The Hall–Kier alpha value is -15.3. The first-order chi connectivity index (χ1) is 69.2. The lowest BCUT2D eigenvalue weighted by Gasteiger charge is -2.19. The molecule has 10 aromatic rings. The van der Waals surface area contributed by atoms with Gasteiger partial charge in [0, 0.05) is 190 Å². The van der Waals surface area contributed by atoms with Crippen molar-refractivity contribution in [3.05, 3.63) is 228 Å². The van der Waals surface area contributed by atoms with Crippen LogP contribution in [0.5, 0.6) is 0 Å². The first kappa shape index (κ1) is 112. The SMILES string of the molecule is Cc1cc(C)c(S(=O)(=O)N=C(CNC(=O)c2cn(CCCNC(=O)CCC(=O)NCCCOCCCNC(=O)C(CCC(=O)NCCCOCCCNC(=O)CCC(=O)NCCCn3cc(C(=O)NC[C@H](NS(=O)(=O)c4c(C)cc(C)cc4C)C(=O)O)c(=O)c4ccc(CNc5ncc[nH]5)cc43)NC(=O)c3ccc(N/N=C/c4ccccc4S(=O)(=O)O)nc3)c3cc(CNc4ncc[nH]4)ccc3c2=O)C(=O)O)c(C)c1. The van der Waals surface area contributed by atoms with Gasteiger partial charge in [-0.2, -0.15) is 31.1 Å². The van der Waals surface area contributed by atoms with Crippen molar-refractivity contribution in [1.29, 1.82) is 0 Å². The zero-order chi connectivity index (χ0) is 105. The largest absolute Gasteiger partial charge is 0.480 e. The molecule has 0 saturated carbocycles. The second kappa shape index (κ2) is 54.2. The molecule has 0 bridgehead atoms. The number of anilines is 3. The van der Waals surface area contributed by atoms with E-state index >= 15 is 0 Å². The predicted octanol–water partition coefficient (Wildman–Crippen LogP) is 4.64. The summed E-state index contributed by atoms with van der Waals surface area (Å²) in [7, 11) is -13.5. The van der Waals surface area contributed by atoms with E-state index in [1.54, 1.807) is 130 Å². The Bertz CT molecular complexity index is 6850. The van der Waals surface area contributed by atoms with Crippen molar-refractivity contribution in [2.45, 2.75) is 172 Å². The van der Waals surface area contributed by atoms with E-state index in [-0.39, 0.29) is 196 Å². The van der Waals surface area contributed by atoms with Crippen LogP contribution in [0.4, 0.5) is 17.7 Å². The summed E-state index contributed by atoms with van der Waals surface area (Å²) in [5.74, 6) is -7.55. The molecule has 0 fully saturated rings. The molecule has 18 N–H and O–H groups in total. The molecule has 1 unspecified atom stereocenters. The van der Waals surface area contributed by atoms with Gasteiger partial charge in [0.15, 0.2) is 17.6 Å². The van der Waals surface area contributed by atoms with Crippen molar-refractivity contribution in [2.75, 3.05) is 94.8 Å². The molecule has 0 aliphatic carbocycles. The number of nitrogens with zero attached hydrogens (tertiary/aromatic N) is 7. The monoisotopic (exact) mass is 2060 g/mol. The molecule has 2 atom stereocenters. The third-order valence-corrected chi connectivity index (χ3v) is 26.7. The summed E-state index contributed by atoms with van der Waals surface area (Å²) in [5.41, 5.74) is 5.08. The number of aliphatic carboxylic acids is 2. The fourth-order valence-electron chi connectivity index (χ4n) is 15.5. The highest BCUT2D eigenvalue weighted by Crippen LogP contribution is 2.27. The van der Waals surface area contributed by atoms with E-state index in [0.717, 1.165) is 28.5 Å². The van der Waals surface area contributed by atoms with Crippen molar-refractivity contribution in [1.82, 2.24) is 86.6 Å². The van der Waals surface area contributed by atoms with Crippen LogP contribution in [0.25, 0.3) is 21.8 Å². The van der Waals surface area contributed by atoms with Gasteiger partial charge in [0.1, 0.15) is 33.9 Å². The number of benzene rings is 5. The number of pyridine rings is 3. The number of amides is 9. The molecule has 49 heteroatoms. The number of hydrazone groups is 1. The highest BCUT2D eigenvalue weighted by Gasteiger charge is 2.32. The molecule has 774 valence electrons. The average molecular weight is 2060 g/mol. The molecular formula is C96H118N22O24S3. The standard InChI is InChI=1S/C96H118N22O24S3/c1-59-45-61(3)87(62(4)46-59)143(134,135)115-74(93(130)131)55-108-90(127)71-57-117(76-49-65(17-20-69(76)85(71)124)51-110-95-103-35-36-104-95)39-9-29-97-81(120)25-27-83(122)100-32-12-42-141-41-11-31-99-80(119)24-22-73(113-89(126)68-19-23-79(107-53-68)114-112-54-67-15-7-8-16-78(67)145(138,139)140)92(129)102-34-14-44-142-43-13-33-101-84(123)28-26-82(121)98-30-10-40-118-58-72(86(125)70-21-18-66(50-77(70)118)52-111-96-105-37-38-106-96)91(128)109-56-75(94(132)133)116-144(136,137)88-63(5)47-60(2)48-64(88)6/h7-8,15-21,23,35-38,45-50,53-54,57-58,73-74,115H,9-14,22,24-34,39-44,51-52,55-56H2,1-6H3,(H,97,120)(H,98,121)(H,99,119)(H,100,122)(H,101,123)(H,102,129)(H,107,114)(H,108,127)(H,109,128)(H,113,126)(H,130,131)(H,132,133)(H2,103,104,110)(H2,105,106,111)(H,138,139,140)/b112-54+,116-75?/t73?,74-/m0/s1. The number of hydrogen-bond acceptors (Lipinski definition) is 28. The Morgan fingerprint density at radius 1 is 0.503 bits per heavy atom. The Balaban J connectivity index is 0.618. The Labute approximate surface area is 834 Å². The summed E-state index contributed by atoms with van der Waals surface area (Å²) in [5, 5.41) is 54.6. The number of carbonyl (C=O) groups excluding carboxylic acids is 9. The lowest BCUT2D eigenvalue weighted by molar-refractivity contribution is -0.139. The number of carbonyl (C=O) groups is 11. The molecule has 145 heavy (non-hydrogen) atoms. The smallest absolute Gasteiger partial charge is 0.353 e. The van der Waals surface area contributed by atoms with Crippen LogP contribution < -0.4 is 79.5 Å². The molecule has 10 rings (SSSR count). The van der Waals surface area contributed by atoms with E-state index in [9.17, 15) is 102 Å². The number of aromatic nitrogens is 7. The van der Waals surface area contributed by atoms with Crippen LogP contribution in [-0.2, 0) is 104 Å². The number of hydrogen-bond donors (Lipinski definition) is 18. The third kappa shape index (κ3) is 34.5. The van der Waals surface area contributed by atoms with Gasteiger partial charge >= 0.3 is 11.9 Å². The van der Waals surface area contributed by atoms with Gasteiger partial charge < -0.3 is 97.3 Å². The highest BCUT2D eigenvalue weighted by atomic mass is 32.2. The van der Waals surface area contributed by atoms with E-state index in [1.807, 2.05) is 0 Å². The van der Waals surface area contributed by atoms with Gasteiger partial charge in [0.05, 0.1) is 39.1 Å². The minimum atomic E-state index is -4.57. The number of rotatable bonds is 59. The fraction of sp³-hybridized carbons (Fsp3) is 0.375. The van der Waals surface area contributed by atoms with E-state index in [2.05, 4.69) is 103 Å². The van der Waals surface area contributed by atoms with Gasteiger partial charge in [0.25, 0.3) is 37.9 Å². The van der Waals surface area contributed by atoms with Gasteiger partial charge in [-0.1, -0.05) is 65.7 Å². The van der Waals surface area contributed by atoms with Gasteiger partial charge in [0.2, 0.25) is 56.3 Å². The van der Waals surface area contributed by atoms with Crippen LogP contribution in [0.3, 0.4) is 0 Å². The topological polar surface area (TPSA) is 665 Å². The van der Waals surface area contributed by atoms with Crippen molar-refractivity contribution in [3.63, 3.8) is 0 Å². The van der Waals surface area contributed by atoms with Crippen LogP contribution in [0.1, 0.15) is 158 Å². The maximum absolute atomic E-state index is 14.0. The van der Waals surface area contributed by atoms with Gasteiger partial charge in [-0.15, -0.1) is 0 Å². The lowest BCUT2D eigenvalue weighted by Crippen LogP contribution is -2.49. The Morgan fingerprint density at radius 2 is 0.959 bits per heavy atom. The number of carboxylic acid groups (broad SMARTS) is 2. The number of H-pyrrole nitrogens is 2. The molecule has 9 amide bonds. The number of aromatic amines is 2. The predicted molar refractivity (Wildman–Crippen MR) is 536 cm³/mol. The minimum absolute atomic E-state index is 0.0204. The highest BCUT2D eigenvalue weighted by molar-refractivity contribution is 7.90. The number of carboxylic acids is 2. The number of fused-ring (bicyclic) bond motifs is 2. The maximum Gasteiger partial charge on any atom is 0.353 e. The van der Waals surface area contributed by atoms with Crippen LogP contribution >= 0.6 is 0 Å². The molecule has 5 aromatic carbocycles. The summed E-state index contributed by atoms with van der Waals surface area (Å²) in [6.45, 7) is 10.9. The molecule has 46 nitrogen and oxygen atoms in total. The van der Waals surface area contributed by atoms with Gasteiger partial charge in [-0.25, -0.2) is 28.2 Å². The number of sulfonamides is 2. The van der Waals surface area contributed by atoms with Crippen LogP contribution in [0, 0.1) is 41.5 Å². The second-order valence-electron chi connectivity index (χ2n) is 33.9. The van der Waals surface area contributed by atoms with Gasteiger partial charge in [-0.05, 0) is 162 Å². The first-order valence-corrected chi connectivity index (χ1v) is 50.8. The molecule has 0 aliphatic rings. The summed E-state index contributed by atoms with van der Waals surface area (Å²) in [4.78, 5) is 190. The summed E-state index contributed by atoms with van der Waals surface area (Å²) >= 11 is 0. The summed E-state index contributed by atoms with van der Waals surface area (Å²) in [6.07, 6.45) is 12.5. The second-order valence-corrected chi connectivity index (χ2v) is 38.4. The molecular weight excluding hydrogens is 1940 g/mol.